The number of hydrogen-bond acceptors (Lipinski definition) is 9. The number of nitrogens with zero attached hydrogens (tertiary/aromatic N) is 4. The molecule has 164 valence electrons. The van der Waals surface area contributed by atoms with Crippen LogP contribution in [0.5, 0.6) is 11.5 Å². The Hall–Kier alpha value is -3.86. The van der Waals surface area contributed by atoms with Crippen LogP contribution in [0, 0.1) is 0 Å². The minimum atomic E-state index is -0.361. The van der Waals surface area contributed by atoms with Crippen molar-refractivity contribution in [3.05, 3.63) is 65.1 Å². The highest BCUT2D eigenvalue weighted by atomic mass is 32.2. The zero-order valence-corrected chi connectivity index (χ0v) is 18.1. The third-order valence-corrected chi connectivity index (χ3v) is 5.40. The number of benzene rings is 1. The Labute approximate surface area is 186 Å². The molecular formula is C21H19N5O5S. The molecule has 1 aromatic carbocycles. The van der Waals surface area contributed by atoms with Crippen molar-refractivity contribution < 1.29 is 18.7 Å². The largest absolute Gasteiger partial charge is 0.497 e. The van der Waals surface area contributed by atoms with Gasteiger partial charge in [0.15, 0.2) is 16.3 Å². The number of thioether (sulfide) groups is 1. The van der Waals surface area contributed by atoms with E-state index in [-0.39, 0.29) is 34.9 Å². The fraction of sp³-hybridized carbons (Fsp3) is 0.190. The highest BCUT2D eigenvalue weighted by molar-refractivity contribution is 7.99. The van der Waals surface area contributed by atoms with E-state index < -0.39 is 0 Å². The SMILES string of the molecule is COc1cc(NC(=O)CSc2nc3nccnc3c(=O)n2Cc2ccco2)cc(OC)c1. The van der Waals surface area contributed by atoms with E-state index in [1.807, 2.05) is 0 Å². The van der Waals surface area contributed by atoms with Crippen LogP contribution in [0.1, 0.15) is 5.76 Å². The number of rotatable bonds is 8. The van der Waals surface area contributed by atoms with Crippen LogP contribution in [0.2, 0.25) is 0 Å². The van der Waals surface area contributed by atoms with E-state index in [1.54, 1.807) is 30.3 Å². The van der Waals surface area contributed by atoms with Crippen LogP contribution in [0.15, 0.2) is 63.4 Å². The fourth-order valence-corrected chi connectivity index (χ4v) is 3.73. The van der Waals surface area contributed by atoms with Crippen LogP contribution in [0.4, 0.5) is 5.69 Å². The third kappa shape index (κ3) is 4.72. The lowest BCUT2D eigenvalue weighted by Gasteiger charge is -2.12. The highest BCUT2D eigenvalue weighted by Crippen LogP contribution is 2.26. The van der Waals surface area contributed by atoms with Crippen LogP contribution in [-0.4, -0.2) is 45.4 Å². The van der Waals surface area contributed by atoms with Crippen LogP contribution in [0.3, 0.4) is 0 Å². The van der Waals surface area contributed by atoms with Crippen LogP contribution in [-0.2, 0) is 11.3 Å². The molecule has 0 saturated heterocycles. The molecule has 0 fully saturated rings. The Bertz CT molecular complexity index is 1280. The van der Waals surface area contributed by atoms with Gasteiger partial charge in [0.05, 0.1) is 32.8 Å². The molecule has 0 aliphatic rings. The molecule has 0 saturated carbocycles. The van der Waals surface area contributed by atoms with Gasteiger partial charge in [-0.15, -0.1) is 0 Å². The van der Waals surface area contributed by atoms with Gasteiger partial charge < -0.3 is 19.2 Å². The minimum absolute atomic E-state index is 0.00981. The molecule has 3 aromatic heterocycles. The summed E-state index contributed by atoms with van der Waals surface area (Å²) in [6.07, 6.45) is 4.42. The van der Waals surface area contributed by atoms with Crippen LogP contribution >= 0.6 is 11.8 Å². The zero-order valence-electron chi connectivity index (χ0n) is 17.3. The normalized spacial score (nSPS) is 10.8. The molecule has 1 N–H and O–H groups in total. The molecule has 0 aliphatic carbocycles. The summed E-state index contributed by atoms with van der Waals surface area (Å²) < 4.78 is 17.2. The van der Waals surface area contributed by atoms with E-state index in [4.69, 9.17) is 13.9 Å². The van der Waals surface area contributed by atoms with Crippen LogP contribution in [0.25, 0.3) is 11.2 Å². The second kappa shape index (κ2) is 9.52. The zero-order chi connectivity index (χ0) is 22.5. The van der Waals surface area contributed by atoms with E-state index in [2.05, 4.69) is 20.3 Å². The van der Waals surface area contributed by atoms with E-state index in [0.717, 1.165) is 11.8 Å². The lowest BCUT2D eigenvalue weighted by Crippen LogP contribution is -2.25. The number of nitrogens with one attached hydrogen (secondary N) is 1. The third-order valence-electron chi connectivity index (χ3n) is 4.42. The maximum absolute atomic E-state index is 13.0. The lowest BCUT2D eigenvalue weighted by molar-refractivity contribution is -0.113. The molecular weight excluding hydrogens is 434 g/mol. The number of amides is 1. The molecule has 0 aliphatic heterocycles. The van der Waals surface area contributed by atoms with Crippen molar-refractivity contribution in [3.8, 4) is 11.5 Å². The Balaban J connectivity index is 1.57. The second-order valence-electron chi connectivity index (χ2n) is 6.53. The van der Waals surface area contributed by atoms with Gasteiger partial charge >= 0.3 is 0 Å². The van der Waals surface area contributed by atoms with Gasteiger partial charge in [-0.1, -0.05) is 11.8 Å². The molecule has 1 amide bonds. The number of hydrogen-bond donors (Lipinski definition) is 1. The molecule has 0 atom stereocenters. The van der Waals surface area contributed by atoms with Crippen molar-refractivity contribution in [1.82, 2.24) is 19.5 Å². The molecule has 10 nitrogen and oxygen atoms in total. The minimum Gasteiger partial charge on any atom is -0.497 e. The first-order chi connectivity index (χ1) is 15.6. The molecule has 4 aromatic rings. The van der Waals surface area contributed by atoms with E-state index >= 15 is 0 Å². The Morgan fingerprint density at radius 3 is 2.59 bits per heavy atom. The quantitative estimate of drug-likeness (QED) is 0.317. The van der Waals surface area contributed by atoms with Gasteiger partial charge in [0, 0.05) is 36.3 Å². The number of ether oxygens (including phenoxy) is 2. The standard InChI is InChI=1S/C21H19N5O5S/c1-29-15-8-13(9-16(10-15)30-2)24-17(27)12-32-21-25-19-18(22-5-6-23-19)20(28)26(21)11-14-4-3-7-31-14/h3-10H,11-12H2,1-2H3,(H,24,27). The highest BCUT2D eigenvalue weighted by Gasteiger charge is 2.16. The van der Waals surface area contributed by atoms with Gasteiger partial charge in [0.2, 0.25) is 5.91 Å². The monoisotopic (exact) mass is 453 g/mol. The first-order valence-corrected chi connectivity index (χ1v) is 10.5. The predicted molar refractivity (Wildman–Crippen MR) is 118 cm³/mol. The summed E-state index contributed by atoms with van der Waals surface area (Å²) in [5.41, 5.74) is 0.530. The van der Waals surface area contributed by atoms with Crippen molar-refractivity contribution in [3.63, 3.8) is 0 Å². The van der Waals surface area contributed by atoms with Gasteiger partial charge in [-0.3, -0.25) is 14.2 Å². The van der Waals surface area contributed by atoms with Gasteiger partial charge in [0.25, 0.3) is 5.56 Å². The molecule has 0 spiro atoms. The lowest BCUT2D eigenvalue weighted by atomic mass is 10.2. The Kier molecular flexibility index (Phi) is 6.36. The smallest absolute Gasteiger partial charge is 0.282 e. The number of fused-ring (bicyclic) bond motifs is 1. The molecule has 32 heavy (non-hydrogen) atoms. The summed E-state index contributed by atoms with van der Waals surface area (Å²) in [6.45, 7) is 0.155. The number of carbonyl (C=O) groups is 1. The number of carbonyl (C=O) groups excluding carboxylic acids is 1. The van der Waals surface area contributed by atoms with E-state index in [0.29, 0.717) is 28.1 Å². The average Bonchev–Trinajstić information content (AvgIpc) is 3.32. The first kappa shape index (κ1) is 21.4. The Morgan fingerprint density at radius 2 is 1.91 bits per heavy atom. The summed E-state index contributed by atoms with van der Waals surface area (Å²) in [6, 6.07) is 8.56. The van der Waals surface area contributed by atoms with Crippen molar-refractivity contribution in [1.29, 1.82) is 0 Å². The fourth-order valence-electron chi connectivity index (χ4n) is 2.94. The summed E-state index contributed by atoms with van der Waals surface area (Å²) in [5.74, 6) is 1.40. The second-order valence-corrected chi connectivity index (χ2v) is 7.47. The average molecular weight is 453 g/mol. The molecule has 11 heteroatoms. The summed E-state index contributed by atoms with van der Waals surface area (Å²) in [7, 11) is 3.06. The number of methoxy groups -OCH3 is 2. The number of furan rings is 1. The molecule has 4 rings (SSSR count). The van der Waals surface area contributed by atoms with Crippen molar-refractivity contribution in [2.75, 3.05) is 25.3 Å². The molecule has 0 radical (unpaired) electrons. The first-order valence-electron chi connectivity index (χ1n) is 9.47. The van der Waals surface area contributed by atoms with Crippen molar-refractivity contribution in [2.45, 2.75) is 11.7 Å². The number of anilines is 1. The topological polar surface area (TPSA) is 121 Å². The van der Waals surface area contributed by atoms with Gasteiger partial charge in [-0.2, -0.15) is 0 Å². The van der Waals surface area contributed by atoms with Crippen molar-refractivity contribution >= 4 is 34.5 Å². The number of aromatic nitrogens is 4. The molecule has 0 unspecified atom stereocenters. The summed E-state index contributed by atoms with van der Waals surface area (Å²) in [4.78, 5) is 38.2. The summed E-state index contributed by atoms with van der Waals surface area (Å²) >= 11 is 1.11. The molecule has 3 heterocycles. The van der Waals surface area contributed by atoms with Gasteiger partial charge in [-0.25, -0.2) is 15.0 Å². The van der Waals surface area contributed by atoms with Crippen LogP contribution < -0.4 is 20.3 Å². The van der Waals surface area contributed by atoms with E-state index in [9.17, 15) is 9.59 Å². The van der Waals surface area contributed by atoms with Gasteiger partial charge in [-0.05, 0) is 12.1 Å². The maximum Gasteiger partial charge on any atom is 0.282 e. The Morgan fingerprint density at radius 1 is 1.16 bits per heavy atom. The van der Waals surface area contributed by atoms with Crippen molar-refractivity contribution in [2.24, 2.45) is 0 Å². The van der Waals surface area contributed by atoms with E-state index in [1.165, 1.54) is 37.4 Å². The predicted octanol–water partition coefficient (Wildman–Crippen LogP) is 2.58. The van der Waals surface area contributed by atoms with Gasteiger partial charge in [0.1, 0.15) is 17.3 Å². The maximum atomic E-state index is 13.0. The summed E-state index contributed by atoms with van der Waals surface area (Å²) in [5, 5.41) is 3.13. The molecule has 0 bridgehead atoms.